The van der Waals surface area contributed by atoms with Crippen molar-refractivity contribution in [1.82, 2.24) is 20.1 Å². The first-order valence-corrected chi connectivity index (χ1v) is 8.61. The lowest BCUT2D eigenvalue weighted by Gasteiger charge is -2.34. The maximum atomic E-state index is 12.9. The molecule has 1 amide bonds. The number of aromatic nitrogens is 3. The van der Waals surface area contributed by atoms with E-state index in [1.165, 1.54) is 0 Å². The zero-order valence-corrected chi connectivity index (χ0v) is 14.1. The standard InChI is InChI=1S/C16H22N4OS/c1-16(2,3)13-10-11(18-19-13)15(21)20-8-5-4-6-12(20)14-17-7-9-22-14/h7,9-10,12H,4-6,8H2,1-3H3,(H,18,19). The van der Waals surface area contributed by atoms with Crippen molar-refractivity contribution in [2.75, 3.05) is 6.54 Å². The average molecular weight is 318 g/mol. The third-order valence-electron chi connectivity index (χ3n) is 4.11. The Bertz CT molecular complexity index is 641. The molecular weight excluding hydrogens is 296 g/mol. The van der Waals surface area contributed by atoms with Crippen LogP contribution in [0.25, 0.3) is 0 Å². The lowest BCUT2D eigenvalue weighted by Crippen LogP contribution is -2.38. The molecule has 1 fully saturated rings. The Balaban J connectivity index is 1.84. The third-order valence-corrected chi connectivity index (χ3v) is 4.98. The van der Waals surface area contributed by atoms with E-state index in [0.717, 1.165) is 36.5 Å². The van der Waals surface area contributed by atoms with Gasteiger partial charge >= 0.3 is 0 Å². The van der Waals surface area contributed by atoms with Crippen LogP contribution >= 0.6 is 11.3 Å². The van der Waals surface area contributed by atoms with E-state index in [4.69, 9.17) is 0 Å². The molecule has 5 nitrogen and oxygen atoms in total. The molecule has 1 unspecified atom stereocenters. The van der Waals surface area contributed by atoms with Gasteiger partial charge in [-0.25, -0.2) is 4.98 Å². The van der Waals surface area contributed by atoms with E-state index in [2.05, 4.69) is 36.0 Å². The second-order valence-corrected chi connectivity index (χ2v) is 7.72. The summed E-state index contributed by atoms with van der Waals surface area (Å²) in [7, 11) is 0. The molecule has 2 aromatic heterocycles. The molecule has 0 aliphatic carbocycles. The lowest BCUT2D eigenvalue weighted by molar-refractivity contribution is 0.0605. The van der Waals surface area contributed by atoms with Crippen LogP contribution in [-0.2, 0) is 5.41 Å². The van der Waals surface area contributed by atoms with Crippen molar-refractivity contribution >= 4 is 17.2 Å². The molecule has 3 rings (SSSR count). The average Bonchev–Trinajstić information content (AvgIpc) is 3.17. The number of carbonyl (C=O) groups excluding carboxylic acids is 1. The topological polar surface area (TPSA) is 61.9 Å². The summed E-state index contributed by atoms with van der Waals surface area (Å²) in [5.74, 6) is 0.00616. The van der Waals surface area contributed by atoms with Crippen molar-refractivity contribution in [3.05, 3.63) is 34.0 Å². The highest BCUT2D eigenvalue weighted by Crippen LogP contribution is 2.33. The number of piperidine rings is 1. The molecule has 1 atom stereocenters. The maximum absolute atomic E-state index is 12.9. The first-order chi connectivity index (χ1) is 10.5. The molecule has 0 radical (unpaired) electrons. The number of carbonyl (C=O) groups is 1. The van der Waals surface area contributed by atoms with E-state index in [9.17, 15) is 4.79 Å². The van der Waals surface area contributed by atoms with Gasteiger partial charge in [0.1, 0.15) is 10.7 Å². The van der Waals surface area contributed by atoms with Crippen LogP contribution in [0.5, 0.6) is 0 Å². The molecular formula is C16H22N4OS. The van der Waals surface area contributed by atoms with Gasteiger partial charge in [-0.1, -0.05) is 20.8 Å². The van der Waals surface area contributed by atoms with E-state index < -0.39 is 0 Å². The number of H-pyrrole nitrogens is 1. The molecule has 0 aromatic carbocycles. The fraction of sp³-hybridized carbons (Fsp3) is 0.562. The first-order valence-electron chi connectivity index (χ1n) is 7.73. The highest BCUT2D eigenvalue weighted by molar-refractivity contribution is 7.09. The summed E-state index contributed by atoms with van der Waals surface area (Å²) in [6.45, 7) is 7.09. The summed E-state index contributed by atoms with van der Waals surface area (Å²) < 4.78 is 0. The molecule has 1 aliphatic heterocycles. The zero-order chi connectivity index (χ0) is 15.7. The normalized spacial score (nSPS) is 19.4. The fourth-order valence-electron chi connectivity index (χ4n) is 2.79. The Hall–Kier alpha value is -1.69. The highest BCUT2D eigenvalue weighted by Gasteiger charge is 2.32. The van der Waals surface area contributed by atoms with E-state index in [1.54, 1.807) is 11.3 Å². The van der Waals surface area contributed by atoms with Gasteiger partial charge in [0.2, 0.25) is 0 Å². The summed E-state index contributed by atoms with van der Waals surface area (Å²) in [5, 5.41) is 10.2. The van der Waals surface area contributed by atoms with Crippen LogP contribution < -0.4 is 0 Å². The lowest BCUT2D eigenvalue weighted by atomic mass is 9.92. The van der Waals surface area contributed by atoms with Crippen molar-refractivity contribution in [3.63, 3.8) is 0 Å². The molecule has 118 valence electrons. The molecule has 1 saturated heterocycles. The van der Waals surface area contributed by atoms with E-state index >= 15 is 0 Å². The summed E-state index contributed by atoms with van der Waals surface area (Å²) in [6, 6.07) is 1.98. The van der Waals surface area contributed by atoms with Gasteiger partial charge in [0.15, 0.2) is 0 Å². The van der Waals surface area contributed by atoms with Gasteiger partial charge in [-0.3, -0.25) is 9.89 Å². The predicted molar refractivity (Wildman–Crippen MR) is 87.0 cm³/mol. The number of aromatic amines is 1. The SMILES string of the molecule is CC(C)(C)c1cc(C(=O)N2CCCCC2c2nccs2)n[nH]1. The molecule has 3 heterocycles. The van der Waals surface area contributed by atoms with Crippen molar-refractivity contribution in [3.8, 4) is 0 Å². The number of thiazole rings is 1. The minimum Gasteiger partial charge on any atom is -0.328 e. The molecule has 0 bridgehead atoms. The molecule has 22 heavy (non-hydrogen) atoms. The smallest absolute Gasteiger partial charge is 0.274 e. The number of nitrogens with zero attached hydrogens (tertiary/aromatic N) is 3. The number of hydrogen-bond acceptors (Lipinski definition) is 4. The van der Waals surface area contributed by atoms with Crippen molar-refractivity contribution in [2.45, 2.75) is 51.5 Å². The quantitative estimate of drug-likeness (QED) is 0.921. The van der Waals surface area contributed by atoms with Gasteiger partial charge in [-0.15, -0.1) is 11.3 Å². The molecule has 0 spiro atoms. The third kappa shape index (κ3) is 2.92. The van der Waals surface area contributed by atoms with Gasteiger partial charge in [-0.05, 0) is 25.3 Å². The van der Waals surface area contributed by atoms with Crippen LogP contribution in [-0.4, -0.2) is 32.5 Å². The summed E-state index contributed by atoms with van der Waals surface area (Å²) in [6.07, 6.45) is 4.98. The van der Waals surface area contributed by atoms with Gasteiger partial charge in [0, 0.05) is 29.2 Å². The second kappa shape index (κ2) is 5.83. The Kier molecular flexibility index (Phi) is 4.04. The molecule has 2 aromatic rings. The minimum absolute atomic E-state index is 0.00616. The predicted octanol–water partition coefficient (Wildman–Crippen LogP) is 3.53. The van der Waals surface area contributed by atoms with Crippen molar-refractivity contribution in [2.24, 2.45) is 0 Å². The fourth-order valence-corrected chi connectivity index (χ4v) is 3.58. The van der Waals surface area contributed by atoms with Crippen LogP contribution in [0.2, 0.25) is 0 Å². The van der Waals surface area contributed by atoms with E-state index in [-0.39, 0.29) is 17.4 Å². The van der Waals surface area contributed by atoms with E-state index in [0.29, 0.717) is 5.69 Å². The molecule has 6 heteroatoms. The number of nitrogens with one attached hydrogen (secondary N) is 1. The summed E-state index contributed by atoms with van der Waals surface area (Å²) in [4.78, 5) is 19.2. The second-order valence-electron chi connectivity index (χ2n) is 6.80. The molecule has 0 saturated carbocycles. The molecule has 1 aliphatic rings. The summed E-state index contributed by atoms with van der Waals surface area (Å²) in [5.41, 5.74) is 1.45. The van der Waals surface area contributed by atoms with Gasteiger partial charge < -0.3 is 4.90 Å². The van der Waals surface area contributed by atoms with E-state index in [1.807, 2.05) is 22.5 Å². The number of likely N-dealkylation sites (tertiary alicyclic amines) is 1. The Morgan fingerprint density at radius 3 is 2.86 bits per heavy atom. The Labute approximate surface area is 134 Å². The largest absolute Gasteiger partial charge is 0.328 e. The first kappa shape index (κ1) is 15.2. The maximum Gasteiger partial charge on any atom is 0.274 e. The van der Waals surface area contributed by atoms with Crippen molar-refractivity contribution in [1.29, 1.82) is 0 Å². The Morgan fingerprint density at radius 1 is 1.41 bits per heavy atom. The number of hydrogen-bond donors (Lipinski definition) is 1. The Morgan fingerprint density at radius 2 is 2.23 bits per heavy atom. The highest BCUT2D eigenvalue weighted by atomic mass is 32.1. The van der Waals surface area contributed by atoms with Crippen LogP contribution in [0.3, 0.4) is 0 Å². The van der Waals surface area contributed by atoms with Crippen molar-refractivity contribution < 1.29 is 4.79 Å². The van der Waals surface area contributed by atoms with Gasteiger partial charge in [-0.2, -0.15) is 5.10 Å². The van der Waals surface area contributed by atoms with Crippen LogP contribution in [0.4, 0.5) is 0 Å². The summed E-state index contributed by atoms with van der Waals surface area (Å²) >= 11 is 1.62. The molecule has 1 N–H and O–H groups in total. The minimum atomic E-state index is -0.0395. The van der Waals surface area contributed by atoms with Crippen LogP contribution in [0.1, 0.15) is 67.3 Å². The number of amides is 1. The van der Waals surface area contributed by atoms with Gasteiger partial charge in [0.25, 0.3) is 5.91 Å². The number of rotatable bonds is 2. The monoisotopic (exact) mass is 318 g/mol. The van der Waals surface area contributed by atoms with Gasteiger partial charge in [0.05, 0.1) is 6.04 Å². The van der Waals surface area contributed by atoms with Crippen LogP contribution in [0.15, 0.2) is 17.6 Å². The zero-order valence-electron chi connectivity index (χ0n) is 13.3. The van der Waals surface area contributed by atoms with Crippen LogP contribution in [0, 0.1) is 0 Å².